The molecule has 19 heavy (non-hydrogen) atoms. The lowest BCUT2D eigenvalue weighted by atomic mass is 10.2. The van der Waals surface area contributed by atoms with Crippen LogP contribution in [0.15, 0.2) is 29.3 Å². The molecule has 1 aromatic carbocycles. The summed E-state index contributed by atoms with van der Waals surface area (Å²) in [5.41, 5.74) is -0.417. The molecule has 0 fully saturated rings. The van der Waals surface area contributed by atoms with Crippen molar-refractivity contribution < 1.29 is 14.8 Å². The van der Waals surface area contributed by atoms with Crippen molar-refractivity contribution in [3.8, 4) is 0 Å². The normalized spacial score (nSPS) is 10.5. The van der Waals surface area contributed by atoms with Gasteiger partial charge >= 0.3 is 0 Å². The fraction of sp³-hybridized carbons (Fsp3) is 0.182. The Hall–Kier alpha value is -2.77. The smallest absolute Gasteiger partial charge is 0.270 e. The molecule has 0 saturated heterocycles. The number of nitro groups is 1. The average molecular weight is 262 g/mol. The number of fused-ring (bicyclic) bond motifs is 1. The van der Waals surface area contributed by atoms with E-state index in [1.54, 1.807) is 0 Å². The molecule has 2 aromatic rings. The third-order valence-corrected chi connectivity index (χ3v) is 2.58. The Labute approximate surface area is 106 Å². The highest BCUT2D eigenvalue weighted by atomic mass is 16.6. The number of aryl methyl sites for hydroxylation is 1. The molecule has 8 heteroatoms. The van der Waals surface area contributed by atoms with Gasteiger partial charge in [-0.1, -0.05) is 0 Å². The van der Waals surface area contributed by atoms with Crippen LogP contribution < -0.4 is 10.7 Å². The van der Waals surface area contributed by atoms with E-state index in [1.165, 1.54) is 18.5 Å². The molecule has 0 aliphatic carbocycles. The second kappa shape index (κ2) is 4.84. The first-order chi connectivity index (χ1) is 8.99. The molecule has 0 aliphatic heterocycles. The van der Waals surface area contributed by atoms with E-state index in [1.807, 2.05) is 0 Å². The van der Waals surface area contributed by atoms with E-state index in [4.69, 9.17) is 0 Å². The Morgan fingerprint density at radius 2 is 2.16 bits per heavy atom. The second-order valence-electron chi connectivity index (χ2n) is 3.82. The van der Waals surface area contributed by atoms with E-state index in [9.17, 15) is 24.8 Å². The predicted molar refractivity (Wildman–Crippen MR) is 62.3 cm³/mol. The molecule has 2 rings (SSSR count). The largest absolute Gasteiger partial charge is 0.550 e. The van der Waals surface area contributed by atoms with Gasteiger partial charge < -0.3 is 9.90 Å². The molecule has 8 nitrogen and oxygen atoms in total. The van der Waals surface area contributed by atoms with Crippen molar-refractivity contribution in [2.24, 2.45) is 0 Å². The number of carbonyl (C=O) groups is 1. The Morgan fingerprint density at radius 3 is 2.79 bits per heavy atom. The van der Waals surface area contributed by atoms with Gasteiger partial charge in [-0.25, -0.2) is 4.98 Å². The number of nitro benzene ring substituents is 1. The zero-order valence-electron chi connectivity index (χ0n) is 9.61. The molecule has 0 N–H and O–H groups in total. The number of carboxylic acid groups (broad SMARTS) is 1. The first kappa shape index (κ1) is 12.7. The fourth-order valence-electron chi connectivity index (χ4n) is 1.63. The van der Waals surface area contributed by atoms with E-state index in [2.05, 4.69) is 4.98 Å². The first-order valence-electron chi connectivity index (χ1n) is 5.32. The number of hydrogen-bond donors (Lipinski definition) is 0. The summed E-state index contributed by atoms with van der Waals surface area (Å²) < 4.78 is 1.09. The van der Waals surface area contributed by atoms with Crippen molar-refractivity contribution in [3.05, 3.63) is 45.0 Å². The van der Waals surface area contributed by atoms with Gasteiger partial charge in [0, 0.05) is 31.1 Å². The molecule has 1 heterocycles. The lowest BCUT2D eigenvalue weighted by Gasteiger charge is -2.06. The first-order valence-corrected chi connectivity index (χ1v) is 5.32. The summed E-state index contributed by atoms with van der Waals surface area (Å²) in [6.45, 7) is -0.0905. The Bertz CT molecular complexity index is 722. The summed E-state index contributed by atoms with van der Waals surface area (Å²) in [6.07, 6.45) is 0.876. The number of carbonyl (C=O) groups excluding carboxylic acids is 1. The number of rotatable bonds is 4. The van der Waals surface area contributed by atoms with Crippen molar-refractivity contribution in [1.82, 2.24) is 9.55 Å². The van der Waals surface area contributed by atoms with Gasteiger partial charge in [-0.2, -0.15) is 0 Å². The van der Waals surface area contributed by atoms with E-state index in [0.29, 0.717) is 5.52 Å². The Kier molecular flexibility index (Phi) is 3.23. The minimum Gasteiger partial charge on any atom is -0.550 e. The van der Waals surface area contributed by atoms with Crippen LogP contribution in [0.5, 0.6) is 0 Å². The van der Waals surface area contributed by atoms with Crippen molar-refractivity contribution in [2.45, 2.75) is 13.0 Å². The maximum absolute atomic E-state index is 12.0. The minimum atomic E-state index is -1.29. The van der Waals surface area contributed by atoms with E-state index in [-0.39, 0.29) is 24.0 Å². The lowest BCUT2D eigenvalue weighted by molar-refractivity contribution is -0.384. The number of hydrogen-bond acceptors (Lipinski definition) is 6. The average Bonchev–Trinajstić information content (AvgIpc) is 2.37. The number of nitrogens with zero attached hydrogens (tertiary/aromatic N) is 3. The van der Waals surface area contributed by atoms with Crippen LogP contribution in [0, 0.1) is 10.1 Å². The zero-order chi connectivity index (χ0) is 14.0. The minimum absolute atomic E-state index is 0.0787. The van der Waals surface area contributed by atoms with Crippen LogP contribution in [-0.2, 0) is 11.3 Å². The SMILES string of the molecule is O=C([O-])CCn1cnc2ccc([N+](=O)[O-])cc2c1=O. The third-order valence-electron chi connectivity index (χ3n) is 2.58. The topological polar surface area (TPSA) is 118 Å². The molecule has 0 unspecified atom stereocenters. The van der Waals surface area contributed by atoms with Crippen molar-refractivity contribution >= 4 is 22.6 Å². The fourth-order valence-corrected chi connectivity index (χ4v) is 1.63. The molecule has 0 atom stereocenters. The van der Waals surface area contributed by atoms with Crippen molar-refractivity contribution in [1.29, 1.82) is 0 Å². The maximum atomic E-state index is 12.0. The Balaban J connectivity index is 2.52. The molecule has 0 aliphatic rings. The van der Waals surface area contributed by atoms with Gasteiger partial charge in [0.1, 0.15) is 0 Å². The molecule has 0 amide bonds. The molecule has 0 saturated carbocycles. The molecule has 1 aromatic heterocycles. The van der Waals surface area contributed by atoms with Crippen LogP contribution in [0.3, 0.4) is 0 Å². The van der Waals surface area contributed by atoms with Gasteiger partial charge in [-0.15, -0.1) is 0 Å². The number of aromatic nitrogens is 2. The number of non-ortho nitro benzene ring substituents is 1. The summed E-state index contributed by atoms with van der Waals surface area (Å²) in [5, 5.41) is 21.1. The quantitative estimate of drug-likeness (QED) is 0.538. The van der Waals surface area contributed by atoms with Crippen LogP contribution in [0.4, 0.5) is 5.69 Å². The van der Waals surface area contributed by atoms with Crippen molar-refractivity contribution in [3.63, 3.8) is 0 Å². The van der Waals surface area contributed by atoms with E-state index in [0.717, 1.165) is 10.6 Å². The van der Waals surface area contributed by atoms with Gasteiger partial charge in [0.2, 0.25) is 0 Å². The van der Waals surface area contributed by atoms with Gasteiger partial charge in [0.15, 0.2) is 0 Å². The summed E-state index contributed by atoms with van der Waals surface area (Å²) >= 11 is 0. The molecular formula is C11H8N3O5-. The van der Waals surface area contributed by atoms with Gasteiger partial charge in [-0.05, 0) is 6.07 Å². The summed E-state index contributed by atoms with van der Waals surface area (Å²) in [6, 6.07) is 3.75. The maximum Gasteiger partial charge on any atom is 0.270 e. The summed E-state index contributed by atoms with van der Waals surface area (Å²) in [4.78, 5) is 36.3. The molecule has 0 spiro atoms. The summed E-state index contributed by atoms with van der Waals surface area (Å²) in [5.74, 6) is -1.29. The number of benzene rings is 1. The van der Waals surface area contributed by atoms with Crippen LogP contribution in [-0.4, -0.2) is 20.4 Å². The Morgan fingerprint density at radius 1 is 1.42 bits per heavy atom. The third kappa shape index (κ3) is 2.57. The van der Waals surface area contributed by atoms with Crippen LogP contribution >= 0.6 is 0 Å². The number of aliphatic carboxylic acids is 1. The van der Waals surface area contributed by atoms with Gasteiger partial charge in [-0.3, -0.25) is 19.5 Å². The number of carboxylic acids is 1. The van der Waals surface area contributed by atoms with E-state index >= 15 is 0 Å². The van der Waals surface area contributed by atoms with Gasteiger partial charge in [0.05, 0.1) is 22.2 Å². The molecule has 0 bridgehead atoms. The highest BCUT2D eigenvalue weighted by molar-refractivity contribution is 5.79. The zero-order valence-corrected chi connectivity index (χ0v) is 9.61. The molecule has 98 valence electrons. The molecular weight excluding hydrogens is 254 g/mol. The summed E-state index contributed by atoms with van der Waals surface area (Å²) in [7, 11) is 0. The monoisotopic (exact) mass is 262 g/mol. The van der Waals surface area contributed by atoms with Crippen LogP contribution in [0.1, 0.15) is 6.42 Å². The second-order valence-corrected chi connectivity index (χ2v) is 3.82. The van der Waals surface area contributed by atoms with Crippen LogP contribution in [0.25, 0.3) is 10.9 Å². The van der Waals surface area contributed by atoms with Crippen molar-refractivity contribution in [2.75, 3.05) is 0 Å². The highest BCUT2D eigenvalue weighted by Gasteiger charge is 2.10. The van der Waals surface area contributed by atoms with E-state index < -0.39 is 16.5 Å². The highest BCUT2D eigenvalue weighted by Crippen LogP contribution is 2.16. The van der Waals surface area contributed by atoms with Gasteiger partial charge in [0.25, 0.3) is 11.2 Å². The standard InChI is InChI=1S/C11H9N3O5/c15-10(16)3-4-13-6-12-9-2-1-7(14(18)19)5-8(9)11(13)17/h1-2,5-6H,3-4H2,(H,15,16)/p-1. The molecule has 0 radical (unpaired) electrons. The van der Waals surface area contributed by atoms with Crippen LogP contribution in [0.2, 0.25) is 0 Å². The lowest BCUT2D eigenvalue weighted by Crippen LogP contribution is -2.27. The predicted octanol–water partition coefficient (Wildman–Crippen LogP) is -0.555.